The number of halogens is 2. The van der Waals surface area contributed by atoms with Crippen LogP contribution in [0.15, 0.2) is 52.7 Å². The zero-order valence-corrected chi connectivity index (χ0v) is 13.9. The van der Waals surface area contributed by atoms with E-state index in [1.54, 1.807) is 5.38 Å². The van der Waals surface area contributed by atoms with Crippen molar-refractivity contribution in [3.63, 3.8) is 0 Å². The van der Waals surface area contributed by atoms with E-state index in [9.17, 15) is 22.3 Å². The van der Waals surface area contributed by atoms with Crippen molar-refractivity contribution in [3.8, 4) is 0 Å². The second-order valence-electron chi connectivity index (χ2n) is 5.13. The highest BCUT2D eigenvalue weighted by molar-refractivity contribution is 7.89. The lowest BCUT2D eigenvalue weighted by Gasteiger charge is -2.12. The molecule has 1 heterocycles. The van der Waals surface area contributed by atoms with Gasteiger partial charge in [0.1, 0.15) is 16.5 Å². The number of hydrogen-bond acceptors (Lipinski definition) is 4. The Morgan fingerprint density at radius 3 is 2.71 bits per heavy atom. The SMILES string of the molecule is O=S(=O)(NCC(O)c1csc2ccccc12)c1cc(F)ccc1F. The van der Waals surface area contributed by atoms with Crippen molar-refractivity contribution in [2.45, 2.75) is 11.0 Å². The fourth-order valence-corrected chi connectivity index (χ4v) is 4.45. The van der Waals surface area contributed by atoms with E-state index >= 15 is 0 Å². The summed E-state index contributed by atoms with van der Waals surface area (Å²) in [4.78, 5) is -0.787. The summed E-state index contributed by atoms with van der Waals surface area (Å²) in [5, 5.41) is 12.8. The molecular weight excluding hydrogens is 356 g/mol. The van der Waals surface area contributed by atoms with E-state index in [2.05, 4.69) is 4.72 Å². The minimum atomic E-state index is -4.27. The molecule has 2 aromatic carbocycles. The monoisotopic (exact) mass is 369 g/mol. The summed E-state index contributed by atoms with van der Waals surface area (Å²) in [7, 11) is -4.27. The van der Waals surface area contributed by atoms with E-state index in [0.29, 0.717) is 11.6 Å². The molecule has 0 amide bonds. The maximum Gasteiger partial charge on any atom is 0.243 e. The molecule has 1 unspecified atom stereocenters. The highest BCUT2D eigenvalue weighted by atomic mass is 32.2. The first-order chi connectivity index (χ1) is 11.4. The van der Waals surface area contributed by atoms with Crippen LogP contribution in [0.2, 0.25) is 0 Å². The molecule has 3 aromatic rings. The number of benzene rings is 2. The molecule has 0 saturated heterocycles. The van der Waals surface area contributed by atoms with Crippen LogP contribution in [0.3, 0.4) is 0 Å². The molecule has 0 bridgehead atoms. The van der Waals surface area contributed by atoms with Crippen molar-refractivity contribution in [2.24, 2.45) is 0 Å². The second kappa shape index (κ2) is 6.56. The van der Waals surface area contributed by atoms with Crippen LogP contribution in [0.25, 0.3) is 10.1 Å². The second-order valence-corrected chi connectivity index (χ2v) is 7.78. The Bertz CT molecular complexity index is 986. The van der Waals surface area contributed by atoms with Gasteiger partial charge in [0.2, 0.25) is 10.0 Å². The molecule has 0 aliphatic rings. The van der Waals surface area contributed by atoms with E-state index in [4.69, 9.17) is 0 Å². The Hall–Kier alpha value is -1.87. The van der Waals surface area contributed by atoms with Crippen molar-refractivity contribution < 1.29 is 22.3 Å². The molecule has 0 aliphatic carbocycles. The summed E-state index contributed by atoms with van der Waals surface area (Å²) in [5.41, 5.74) is 0.581. The van der Waals surface area contributed by atoms with Gasteiger partial charge in [-0.1, -0.05) is 18.2 Å². The summed E-state index contributed by atoms with van der Waals surface area (Å²) in [6.45, 7) is -0.348. The molecule has 0 aliphatic heterocycles. The number of aliphatic hydroxyl groups excluding tert-OH is 1. The van der Waals surface area contributed by atoms with Gasteiger partial charge in [-0.2, -0.15) is 0 Å². The third kappa shape index (κ3) is 3.32. The quantitative estimate of drug-likeness (QED) is 0.726. The van der Waals surface area contributed by atoms with Crippen LogP contribution in [-0.2, 0) is 10.0 Å². The van der Waals surface area contributed by atoms with Crippen molar-refractivity contribution in [1.29, 1.82) is 0 Å². The predicted octanol–water partition coefficient (Wildman–Crippen LogP) is 3.19. The maximum absolute atomic E-state index is 13.6. The van der Waals surface area contributed by atoms with E-state index in [0.717, 1.165) is 22.2 Å². The summed E-state index contributed by atoms with van der Waals surface area (Å²) in [6.07, 6.45) is -1.10. The number of fused-ring (bicyclic) bond motifs is 1. The first-order valence-electron chi connectivity index (χ1n) is 6.97. The average Bonchev–Trinajstić information content (AvgIpc) is 2.99. The molecule has 0 fully saturated rings. The molecule has 8 heteroatoms. The van der Waals surface area contributed by atoms with Gasteiger partial charge in [-0.3, -0.25) is 0 Å². The lowest BCUT2D eigenvalue weighted by Crippen LogP contribution is -2.29. The molecule has 126 valence electrons. The molecule has 24 heavy (non-hydrogen) atoms. The van der Waals surface area contributed by atoms with E-state index in [1.165, 1.54) is 11.3 Å². The van der Waals surface area contributed by atoms with Crippen LogP contribution in [0, 0.1) is 11.6 Å². The number of thiophene rings is 1. The Morgan fingerprint density at radius 2 is 1.92 bits per heavy atom. The molecule has 2 N–H and O–H groups in total. The van der Waals surface area contributed by atoms with Crippen LogP contribution in [0.1, 0.15) is 11.7 Å². The molecule has 0 radical (unpaired) electrons. The predicted molar refractivity (Wildman–Crippen MR) is 88.3 cm³/mol. The molecule has 1 atom stereocenters. The Kier molecular flexibility index (Phi) is 4.64. The lowest BCUT2D eigenvalue weighted by molar-refractivity contribution is 0.184. The molecule has 4 nitrogen and oxygen atoms in total. The minimum Gasteiger partial charge on any atom is -0.387 e. The summed E-state index contributed by atoms with van der Waals surface area (Å²) < 4.78 is 54.1. The van der Waals surface area contributed by atoms with Gasteiger partial charge in [0, 0.05) is 16.8 Å². The topological polar surface area (TPSA) is 66.4 Å². The first kappa shape index (κ1) is 17.0. The average molecular weight is 369 g/mol. The van der Waals surface area contributed by atoms with Gasteiger partial charge in [-0.05, 0) is 35.0 Å². The highest BCUT2D eigenvalue weighted by Crippen LogP contribution is 2.30. The maximum atomic E-state index is 13.6. The van der Waals surface area contributed by atoms with Gasteiger partial charge in [-0.15, -0.1) is 11.3 Å². The van der Waals surface area contributed by atoms with Crippen LogP contribution in [0.5, 0.6) is 0 Å². The molecule has 0 spiro atoms. The van der Waals surface area contributed by atoms with Crippen molar-refractivity contribution in [1.82, 2.24) is 4.72 Å². The van der Waals surface area contributed by atoms with Gasteiger partial charge in [0.05, 0.1) is 6.10 Å². The molecular formula is C16H13F2NO3S2. The summed E-state index contributed by atoms with van der Waals surface area (Å²) in [5.74, 6) is -1.92. The Labute approximate surface area is 141 Å². The van der Waals surface area contributed by atoms with Crippen molar-refractivity contribution in [2.75, 3.05) is 6.54 Å². The normalized spacial score (nSPS) is 13.3. The zero-order chi connectivity index (χ0) is 17.3. The Balaban J connectivity index is 1.80. The van der Waals surface area contributed by atoms with Gasteiger partial charge in [0.15, 0.2) is 0 Å². The van der Waals surface area contributed by atoms with E-state index in [-0.39, 0.29) is 6.54 Å². The third-order valence-corrected chi connectivity index (χ3v) is 5.94. The fourth-order valence-electron chi connectivity index (χ4n) is 2.32. The van der Waals surface area contributed by atoms with Crippen LogP contribution in [0.4, 0.5) is 8.78 Å². The number of hydrogen-bond donors (Lipinski definition) is 2. The lowest BCUT2D eigenvalue weighted by atomic mass is 10.1. The largest absolute Gasteiger partial charge is 0.387 e. The smallest absolute Gasteiger partial charge is 0.243 e. The highest BCUT2D eigenvalue weighted by Gasteiger charge is 2.22. The van der Waals surface area contributed by atoms with Crippen molar-refractivity contribution >= 4 is 31.4 Å². The number of nitrogens with one attached hydrogen (secondary N) is 1. The zero-order valence-electron chi connectivity index (χ0n) is 12.2. The number of aliphatic hydroxyl groups is 1. The van der Waals surface area contributed by atoms with Gasteiger partial charge in [0.25, 0.3) is 0 Å². The number of rotatable bonds is 5. The minimum absolute atomic E-state index is 0.348. The summed E-state index contributed by atoms with van der Waals surface area (Å²) >= 11 is 1.43. The molecule has 1 aromatic heterocycles. The van der Waals surface area contributed by atoms with Crippen LogP contribution < -0.4 is 4.72 Å². The number of sulfonamides is 1. The standard InChI is InChI=1S/C16H13F2NO3S2/c17-10-5-6-13(18)16(7-10)24(21,22)19-8-14(20)12-9-23-15-4-2-1-3-11(12)15/h1-7,9,14,19-20H,8H2. The van der Waals surface area contributed by atoms with Gasteiger partial charge < -0.3 is 5.11 Å². The first-order valence-corrected chi connectivity index (χ1v) is 9.33. The Morgan fingerprint density at radius 1 is 1.17 bits per heavy atom. The van der Waals surface area contributed by atoms with Crippen molar-refractivity contribution in [3.05, 3.63) is 65.0 Å². The van der Waals surface area contributed by atoms with Gasteiger partial charge >= 0.3 is 0 Å². The molecule has 3 rings (SSSR count). The fraction of sp³-hybridized carbons (Fsp3) is 0.125. The molecule has 0 saturated carbocycles. The van der Waals surface area contributed by atoms with Gasteiger partial charge in [-0.25, -0.2) is 21.9 Å². The van der Waals surface area contributed by atoms with E-state index in [1.807, 2.05) is 24.3 Å². The summed E-state index contributed by atoms with van der Waals surface area (Å²) in [6, 6.07) is 9.58. The third-order valence-electron chi connectivity index (χ3n) is 3.52. The van der Waals surface area contributed by atoms with Crippen LogP contribution >= 0.6 is 11.3 Å². The van der Waals surface area contributed by atoms with E-state index < -0.39 is 32.7 Å². The van der Waals surface area contributed by atoms with Crippen LogP contribution in [-0.4, -0.2) is 20.1 Å².